The monoisotopic (exact) mass is 299 g/mol. The lowest BCUT2D eigenvalue weighted by molar-refractivity contribution is 0.302. The molecule has 0 atom stereocenters. The minimum absolute atomic E-state index is 0.494. The fourth-order valence-electron chi connectivity index (χ4n) is 2.46. The molecule has 1 N–H and O–H groups in total. The van der Waals surface area contributed by atoms with E-state index < -0.39 is 0 Å². The maximum Gasteiger partial charge on any atom is 0.139 e. The molecule has 1 aromatic heterocycles. The lowest BCUT2D eigenvalue weighted by Crippen LogP contribution is -2.04. The van der Waals surface area contributed by atoms with E-state index in [0.29, 0.717) is 16.1 Å². The molecule has 21 heavy (non-hydrogen) atoms. The smallest absolute Gasteiger partial charge is 0.139 e. The quantitative estimate of drug-likeness (QED) is 0.524. The Morgan fingerprint density at radius 2 is 1.76 bits per heavy atom. The van der Waals surface area contributed by atoms with Crippen LogP contribution >= 0.6 is 11.6 Å². The predicted octanol–water partition coefficient (Wildman–Crippen LogP) is 4.66. The third-order valence-corrected chi connectivity index (χ3v) is 3.66. The van der Waals surface area contributed by atoms with E-state index in [9.17, 15) is 5.21 Å². The highest BCUT2D eigenvalue weighted by atomic mass is 35.5. The number of aryl methyl sites for hydroxylation is 2. The molecule has 3 nitrogen and oxygen atoms in total. The fourth-order valence-corrected chi connectivity index (χ4v) is 2.59. The van der Waals surface area contributed by atoms with Crippen molar-refractivity contribution >= 4 is 22.6 Å². The van der Waals surface area contributed by atoms with Crippen LogP contribution in [-0.4, -0.2) is 5.21 Å². The Morgan fingerprint density at radius 1 is 1.05 bits per heavy atom. The Bertz CT molecular complexity index is 880. The van der Waals surface area contributed by atoms with Gasteiger partial charge in [0, 0.05) is 22.0 Å². The minimum atomic E-state index is 0.494. The van der Waals surface area contributed by atoms with Crippen LogP contribution in [0.5, 0.6) is 0 Å². The molecule has 0 aliphatic carbocycles. The van der Waals surface area contributed by atoms with Gasteiger partial charge in [-0.3, -0.25) is 0 Å². The second-order valence-electron chi connectivity index (χ2n) is 5.06. The summed E-state index contributed by atoms with van der Waals surface area (Å²) >= 11 is 5.91. The summed E-state index contributed by atoms with van der Waals surface area (Å²) in [5.74, 6) is 0.638. The molecular formula is C17H14ClNO2. The van der Waals surface area contributed by atoms with Crippen molar-refractivity contribution in [3.8, 4) is 11.3 Å². The summed E-state index contributed by atoms with van der Waals surface area (Å²) < 4.78 is 6.00. The number of fused-ring (bicyclic) bond motifs is 1. The average Bonchev–Trinajstić information content (AvgIpc) is 2.47. The topological polar surface area (TPSA) is 45.7 Å². The zero-order valence-electron chi connectivity index (χ0n) is 11.7. The molecule has 0 bridgehead atoms. The molecule has 3 rings (SSSR count). The van der Waals surface area contributed by atoms with Gasteiger partial charge in [-0.25, -0.2) is 0 Å². The van der Waals surface area contributed by atoms with Crippen LogP contribution in [0.2, 0.25) is 5.02 Å². The summed E-state index contributed by atoms with van der Waals surface area (Å²) in [6.07, 6.45) is 0. The molecule has 1 heterocycles. The molecule has 0 fully saturated rings. The molecule has 0 saturated heterocycles. The van der Waals surface area contributed by atoms with Crippen LogP contribution in [-0.2, 0) is 0 Å². The largest absolute Gasteiger partial charge is 0.456 e. The molecule has 0 spiro atoms. The van der Waals surface area contributed by atoms with Crippen LogP contribution in [0.15, 0.2) is 52.0 Å². The number of nitrogens with zero attached hydrogens (tertiary/aromatic N) is 1. The molecule has 0 unspecified atom stereocenters. The maximum absolute atomic E-state index is 9.30. The first-order valence-corrected chi connectivity index (χ1v) is 6.95. The van der Waals surface area contributed by atoms with Gasteiger partial charge in [-0.2, -0.15) is 0 Å². The van der Waals surface area contributed by atoms with Crippen molar-refractivity contribution in [1.82, 2.24) is 0 Å². The summed E-state index contributed by atoms with van der Waals surface area (Å²) in [6, 6.07) is 13.1. The summed E-state index contributed by atoms with van der Waals surface area (Å²) in [4.78, 5) is 0. The molecular weight excluding hydrogens is 286 g/mol. The summed E-state index contributed by atoms with van der Waals surface area (Å²) in [5.41, 5.74) is 3.71. The second-order valence-corrected chi connectivity index (χ2v) is 5.50. The molecule has 0 saturated carbocycles. The molecule has 106 valence electrons. The van der Waals surface area contributed by atoms with Crippen molar-refractivity contribution in [3.05, 3.63) is 64.0 Å². The van der Waals surface area contributed by atoms with E-state index in [0.717, 1.165) is 27.7 Å². The fraction of sp³-hybridized carbons (Fsp3) is 0.118. The standard InChI is InChI=1S/C17H14ClNO2/c1-10-7-11(2)17-14(8-10)15(19-20)9-16(21-17)12-3-5-13(18)6-4-12/h3-9,20H,1-2H3/b19-15+. The van der Waals surface area contributed by atoms with Crippen LogP contribution in [0, 0.1) is 13.8 Å². The summed E-state index contributed by atoms with van der Waals surface area (Å²) in [5, 5.41) is 14.7. The van der Waals surface area contributed by atoms with Crippen molar-refractivity contribution in [2.24, 2.45) is 5.16 Å². The van der Waals surface area contributed by atoms with Crippen molar-refractivity contribution < 1.29 is 9.62 Å². The van der Waals surface area contributed by atoms with Gasteiger partial charge >= 0.3 is 0 Å². The first kappa shape index (κ1) is 13.7. The van der Waals surface area contributed by atoms with Crippen molar-refractivity contribution in [2.75, 3.05) is 0 Å². The van der Waals surface area contributed by atoms with E-state index in [-0.39, 0.29) is 0 Å². The Labute approximate surface area is 127 Å². The molecule has 0 aliphatic rings. The molecule has 2 aromatic carbocycles. The van der Waals surface area contributed by atoms with Crippen LogP contribution in [0.25, 0.3) is 22.3 Å². The van der Waals surface area contributed by atoms with E-state index >= 15 is 0 Å². The van der Waals surface area contributed by atoms with Crippen molar-refractivity contribution in [1.29, 1.82) is 0 Å². The highest BCUT2D eigenvalue weighted by Crippen LogP contribution is 2.26. The maximum atomic E-state index is 9.30. The van der Waals surface area contributed by atoms with Gasteiger partial charge in [-0.1, -0.05) is 22.8 Å². The molecule has 0 aliphatic heterocycles. The molecule has 4 heteroatoms. The molecule has 0 radical (unpaired) electrons. The Morgan fingerprint density at radius 3 is 2.43 bits per heavy atom. The van der Waals surface area contributed by atoms with E-state index in [2.05, 4.69) is 5.16 Å². The van der Waals surface area contributed by atoms with Crippen molar-refractivity contribution in [3.63, 3.8) is 0 Å². The summed E-state index contributed by atoms with van der Waals surface area (Å²) in [6.45, 7) is 3.98. The van der Waals surface area contributed by atoms with E-state index in [1.807, 2.05) is 38.1 Å². The van der Waals surface area contributed by atoms with Gasteiger partial charge in [0.1, 0.15) is 16.7 Å². The number of halogens is 1. The highest BCUT2D eigenvalue weighted by molar-refractivity contribution is 6.30. The van der Waals surface area contributed by atoms with Gasteiger partial charge in [-0.15, -0.1) is 0 Å². The normalized spacial score (nSPS) is 12.0. The van der Waals surface area contributed by atoms with Gasteiger partial charge in [0.2, 0.25) is 0 Å². The number of hydrogen-bond acceptors (Lipinski definition) is 3. The Kier molecular flexibility index (Phi) is 3.43. The van der Waals surface area contributed by atoms with Crippen LogP contribution < -0.4 is 5.36 Å². The Hall–Kier alpha value is -2.26. The first-order valence-electron chi connectivity index (χ1n) is 6.57. The number of rotatable bonds is 1. The molecule has 3 aromatic rings. The van der Waals surface area contributed by atoms with Gasteiger partial charge < -0.3 is 9.62 Å². The predicted molar refractivity (Wildman–Crippen MR) is 83.5 cm³/mol. The first-order chi connectivity index (χ1) is 10.1. The van der Waals surface area contributed by atoms with Crippen LogP contribution in [0.3, 0.4) is 0 Å². The van der Waals surface area contributed by atoms with Gasteiger partial charge in [0.15, 0.2) is 0 Å². The minimum Gasteiger partial charge on any atom is -0.456 e. The summed E-state index contributed by atoms with van der Waals surface area (Å²) in [7, 11) is 0. The van der Waals surface area contributed by atoms with Crippen molar-refractivity contribution in [2.45, 2.75) is 13.8 Å². The average molecular weight is 300 g/mol. The van der Waals surface area contributed by atoms with Gasteiger partial charge in [0.05, 0.1) is 0 Å². The lowest BCUT2D eigenvalue weighted by atomic mass is 10.1. The number of benzene rings is 2. The zero-order chi connectivity index (χ0) is 15.0. The van der Waals surface area contributed by atoms with Gasteiger partial charge in [-0.05, 0) is 55.3 Å². The van der Waals surface area contributed by atoms with E-state index in [4.69, 9.17) is 16.0 Å². The second kappa shape index (κ2) is 5.26. The number of hydrogen-bond donors (Lipinski definition) is 1. The van der Waals surface area contributed by atoms with E-state index in [1.54, 1.807) is 18.2 Å². The van der Waals surface area contributed by atoms with Crippen LogP contribution in [0.1, 0.15) is 11.1 Å². The van der Waals surface area contributed by atoms with Gasteiger partial charge in [0.25, 0.3) is 0 Å². The lowest BCUT2D eigenvalue weighted by Gasteiger charge is -2.07. The third kappa shape index (κ3) is 2.52. The van der Waals surface area contributed by atoms with Crippen LogP contribution in [0.4, 0.5) is 0 Å². The Balaban J connectivity index is 2.34. The zero-order valence-corrected chi connectivity index (χ0v) is 12.5. The highest BCUT2D eigenvalue weighted by Gasteiger charge is 2.09. The molecule has 0 amide bonds. The SMILES string of the molecule is Cc1cc(C)c2oc(-c3ccc(Cl)cc3)c/c(=N\O)c2c1. The third-order valence-electron chi connectivity index (χ3n) is 3.41. The van der Waals surface area contributed by atoms with E-state index in [1.165, 1.54) is 0 Å².